The zero-order chi connectivity index (χ0) is 21.8. The second-order valence-corrected chi connectivity index (χ2v) is 20.0. The first-order chi connectivity index (χ1) is 12.7. The number of aliphatic hydroxyl groups excluding tert-OH is 1. The number of hydrogen-bond donors (Lipinski definition) is 1. The topological polar surface area (TPSA) is 47.9 Å². The monoisotopic (exact) mass is 426 g/mol. The molecule has 28 heavy (non-hydrogen) atoms. The summed E-state index contributed by atoms with van der Waals surface area (Å²) >= 11 is 0. The molecule has 162 valence electrons. The molecule has 1 N–H and O–H groups in total. The van der Waals surface area contributed by atoms with Gasteiger partial charge in [0, 0.05) is 7.11 Å². The summed E-state index contributed by atoms with van der Waals surface area (Å²) in [6.45, 7) is 20.5. The highest BCUT2D eigenvalue weighted by molar-refractivity contribution is 6.83. The molecule has 1 fully saturated rings. The smallest absolute Gasteiger partial charge is 0.220 e. The molecule has 1 saturated heterocycles. The van der Waals surface area contributed by atoms with Crippen molar-refractivity contribution in [3.8, 4) is 11.5 Å². The Morgan fingerprint density at radius 3 is 2.36 bits per heavy atom. The van der Waals surface area contributed by atoms with Crippen LogP contribution in [0.5, 0.6) is 0 Å². The maximum absolute atomic E-state index is 11.1. The van der Waals surface area contributed by atoms with Crippen LogP contribution < -0.4 is 0 Å². The fourth-order valence-electron chi connectivity index (χ4n) is 3.00. The maximum atomic E-state index is 11.1. The normalized spacial score (nSPS) is 28.1. The highest BCUT2D eigenvalue weighted by atomic mass is 28.4. The molecule has 0 spiro atoms. The van der Waals surface area contributed by atoms with E-state index in [1.54, 1.807) is 7.11 Å². The Balaban J connectivity index is 3.06. The summed E-state index contributed by atoms with van der Waals surface area (Å²) in [7, 11) is -1.84. The van der Waals surface area contributed by atoms with Crippen molar-refractivity contribution in [1.82, 2.24) is 0 Å². The number of ether oxygens (including phenoxy) is 2. The Morgan fingerprint density at radius 1 is 1.25 bits per heavy atom. The predicted molar refractivity (Wildman–Crippen MR) is 122 cm³/mol. The Morgan fingerprint density at radius 2 is 1.86 bits per heavy atom. The van der Waals surface area contributed by atoms with Crippen LogP contribution in [-0.2, 0) is 13.9 Å². The van der Waals surface area contributed by atoms with Crippen LogP contribution in [0, 0.1) is 17.4 Å². The van der Waals surface area contributed by atoms with Gasteiger partial charge in [0.15, 0.2) is 8.32 Å². The van der Waals surface area contributed by atoms with Crippen LogP contribution in [-0.4, -0.2) is 53.2 Å². The number of hydrogen-bond acceptors (Lipinski definition) is 4. The zero-order valence-corrected chi connectivity index (χ0v) is 21.7. The average molecular weight is 427 g/mol. The van der Waals surface area contributed by atoms with Crippen molar-refractivity contribution in [3.63, 3.8) is 0 Å². The van der Waals surface area contributed by atoms with Crippen LogP contribution in [0.15, 0.2) is 12.2 Å². The lowest BCUT2D eigenvalue weighted by molar-refractivity contribution is -0.333. The summed E-state index contributed by atoms with van der Waals surface area (Å²) in [5, 5.41) is 11.1. The van der Waals surface area contributed by atoms with Crippen molar-refractivity contribution in [2.24, 2.45) is 5.92 Å². The Hall–Kier alpha value is -0.426. The summed E-state index contributed by atoms with van der Waals surface area (Å²) in [5.74, 6) is 2.20. The molecule has 0 saturated carbocycles. The number of allylic oxidation sites excluding steroid dienone is 1. The highest BCUT2D eigenvalue weighted by Gasteiger charge is 2.54. The maximum Gasteiger partial charge on any atom is 0.220 e. The van der Waals surface area contributed by atoms with Crippen LogP contribution in [0.1, 0.15) is 40.5 Å². The first-order valence-electron chi connectivity index (χ1n) is 10.4. The van der Waals surface area contributed by atoms with Gasteiger partial charge in [-0.25, -0.2) is 0 Å². The summed E-state index contributed by atoms with van der Waals surface area (Å²) in [6, 6.07) is 0. The Kier molecular flexibility index (Phi) is 8.77. The lowest BCUT2D eigenvalue weighted by Crippen LogP contribution is -2.64. The summed E-state index contributed by atoms with van der Waals surface area (Å²) in [5.41, 5.74) is 3.30. The van der Waals surface area contributed by atoms with Crippen LogP contribution in [0.2, 0.25) is 37.8 Å². The molecule has 1 rings (SSSR count). The van der Waals surface area contributed by atoms with Gasteiger partial charge < -0.3 is 19.0 Å². The number of rotatable bonds is 6. The van der Waals surface area contributed by atoms with E-state index < -0.39 is 28.3 Å². The van der Waals surface area contributed by atoms with Gasteiger partial charge in [0.1, 0.15) is 20.3 Å². The molecule has 1 aliphatic heterocycles. The largest absolute Gasteiger partial charge is 0.408 e. The lowest BCUT2D eigenvalue weighted by atomic mass is 9.87. The van der Waals surface area contributed by atoms with Gasteiger partial charge in [-0.3, -0.25) is 0 Å². The summed E-state index contributed by atoms with van der Waals surface area (Å²) < 4.78 is 18.7. The van der Waals surface area contributed by atoms with Gasteiger partial charge in [-0.1, -0.05) is 59.3 Å². The standard InChI is InChI=1S/C22H42O4Si2/c1-18-15-16-25-22(24-5,20(18)26-28(9,10)21(2,3)4)19(23)14-12-11-13-17-27(6,7)8/h11-12,18-20,23H,14-16H2,1-10H3/b12-11+/t18-,19+,20-,22-/m1/s1. The Labute approximate surface area is 175 Å². The van der Waals surface area contributed by atoms with Crippen molar-refractivity contribution in [1.29, 1.82) is 0 Å². The van der Waals surface area contributed by atoms with E-state index >= 15 is 0 Å². The van der Waals surface area contributed by atoms with Gasteiger partial charge in [0.25, 0.3) is 0 Å². The molecular formula is C22H42O4Si2. The van der Waals surface area contributed by atoms with E-state index in [0.29, 0.717) is 13.0 Å². The average Bonchev–Trinajstić information content (AvgIpc) is 2.54. The van der Waals surface area contributed by atoms with Crippen molar-refractivity contribution in [2.45, 2.75) is 96.3 Å². The number of aliphatic hydroxyl groups is 1. The molecular weight excluding hydrogens is 384 g/mol. The van der Waals surface area contributed by atoms with Crippen LogP contribution in [0.4, 0.5) is 0 Å². The van der Waals surface area contributed by atoms with Gasteiger partial charge in [-0.2, -0.15) is 0 Å². The molecule has 1 aliphatic rings. The first-order valence-corrected chi connectivity index (χ1v) is 16.8. The zero-order valence-electron chi connectivity index (χ0n) is 19.7. The Bertz CT molecular complexity index is 592. The fraction of sp³-hybridized carbons (Fsp3) is 0.818. The quantitative estimate of drug-likeness (QED) is 0.481. The van der Waals surface area contributed by atoms with E-state index in [0.717, 1.165) is 6.42 Å². The van der Waals surface area contributed by atoms with E-state index in [1.165, 1.54) is 0 Å². The van der Waals surface area contributed by atoms with Gasteiger partial charge in [0.05, 0.1) is 6.61 Å². The second-order valence-electron chi connectivity index (χ2n) is 10.5. The molecule has 0 aromatic rings. The third-order valence-electron chi connectivity index (χ3n) is 5.83. The van der Waals surface area contributed by atoms with E-state index in [2.05, 4.69) is 71.9 Å². The molecule has 4 nitrogen and oxygen atoms in total. The van der Waals surface area contributed by atoms with Crippen LogP contribution in [0.25, 0.3) is 0 Å². The minimum Gasteiger partial charge on any atom is -0.408 e. The van der Waals surface area contributed by atoms with Crippen LogP contribution >= 0.6 is 0 Å². The predicted octanol–water partition coefficient (Wildman–Crippen LogP) is 4.96. The van der Waals surface area contributed by atoms with Crippen molar-refractivity contribution < 1.29 is 19.0 Å². The first kappa shape index (κ1) is 25.6. The van der Waals surface area contributed by atoms with E-state index in [4.69, 9.17) is 13.9 Å². The minimum atomic E-state index is -2.06. The molecule has 0 amide bonds. The molecule has 0 aromatic carbocycles. The van der Waals surface area contributed by atoms with Crippen LogP contribution in [0.3, 0.4) is 0 Å². The van der Waals surface area contributed by atoms with Crippen molar-refractivity contribution >= 4 is 16.4 Å². The molecule has 6 heteroatoms. The van der Waals surface area contributed by atoms with Gasteiger partial charge in [0.2, 0.25) is 5.79 Å². The molecule has 0 unspecified atom stereocenters. The van der Waals surface area contributed by atoms with Crippen molar-refractivity contribution in [2.75, 3.05) is 13.7 Å². The molecule has 0 bridgehead atoms. The second kappa shape index (κ2) is 9.59. The summed E-state index contributed by atoms with van der Waals surface area (Å²) in [4.78, 5) is 0. The minimum absolute atomic E-state index is 0.0704. The fourth-order valence-corrected chi connectivity index (χ4v) is 4.90. The molecule has 0 radical (unpaired) electrons. The van der Waals surface area contributed by atoms with E-state index in [-0.39, 0.29) is 17.1 Å². The molecule has 4 atom stereocenters. The third kappa shape index (κ3) is 6.55. The highest BCUT2D eigenvalue weighted by Crippen LogP contribution is 2.43. The van der Waals surface area contributed by atoms with E-state index in [1.807, 2.05) is 12.2 Å². The van der Waals surface area contributed by atoms with Gasteiger partial charge >= 0.3 is 0 Å². The van der Waals surface area contributed by atoms with Gasteiger partial charge in [-0.05, 0) is 43.0 Å². The van der Waals surface area contributed by atoms with Gasteiger partial charge in [-0.15, -0.1) is 5.54 Å². The van der Waals surface area contributed by atoms with Crippen molar-refractivity contribution in [3.05, 3.63) is 12.2 Å². The summed E-state index contributed by atoms with van der Waals surface area (Å²) in [6.07, 6.45) is 3.93. The molecule has 0 aromatic heterocycles. The third-order valence-corrected chi connectivity index (χ3v) is 11.2. The van der Waals surface area contributed by atoms with E-state index in [9.17, 15) is 5.11 Å². The number of methoxy groups -OCH3 is 1. The SMILES string of the molecule is CO[C@]1([C@@H](O)C/C=C/C#C[Si](C)(C)C)OCC[C@@H](C)[C@H]1O[Si](C)(C)C(C)(C)C. The molecule has 1 heterocycles. The molecule has 0 aliphatic carbocycles. The lowest BCUT2D eigenvalue weighted by Gasteiger charge is -2.51.